The fourth-order valence-corrected chi connectivity index (χ4v) is 3.02. The Bertz CT molecular complexity index is 886. The number of amides is 1. The normalized spacial score (nSPS) is 12.4. The quantitative estimate of drug-likeness (QED) is 0.675. The van der Waals surface area contributed by atoms with Crippen LogP contribution in [0.5, 0.6) is 0 Å². The lowest BCUT2D eigenvalue weighted by Crippen LogP contribution is -2.32. The minimum absolute atomic E-state index is 0.0223. The summed E-state index contributed by atoms with van der Waals surface area (Å²) in [6.45, 7) is 6.72. The fraction of sp³-hybridized carbons (Fsp3) is 0.318. The number of benzene rings is 2. The molecular weight excluding hydrogens is 350 g/mol. The Hall–Kier alpha value is -2.99. The van der Waals surface area contributed by atoms with Crippen LogP contribution in [0.2, 0.25) is 0 Å². The van der Waals surface area contributed by atoms with Crippen molar-refractivity contribution in [3.05, 3.63) is 72.3 Å². The van der Waals surface area contributed by atoms with Crippen molar-refractivity contribution in [3.8, 4) is 5.69 Å². The van der Waals surface area contributed by atoms with E-state index in [4.69, 9.17) is 0 Å². The van der Waals surface area contributed by atoms with Crippen molar-refractivity contribution in [2.45, 2.75) is 32.7 Å². The van der Waals surface area contributed by atoms with Gasteiger partial charge in [-0.2, -0.15) is 5.10 Å². The highest BCUT2D eigenvalue weighted by Crippen LogP contribution is 2.21. The van der Waals surface area contributed by atoms with Gasteiger partial charge in [-0.1, -0.05) is 38.1 Å². The second-order valence-corrected chi connectivity index (χ2v) is 7.35. The summed E-state index contributed by atoms with van der Waals surface area (Å²) >= 11 is 0. The van der Waals surface area contributed by atoms with Crippen molar-refractivity contribution in [1.82, 2.24) is 19.7 Å². The molecule has 0 saturated heterocycles. The minimum Gasteiger partial charge on any atom is -0.325 e. The van der Waals surface area contributed by atoms with Crippen LogP contribution < -0.4 is 5.32 Å². The first-order chi connectivity index (χ1) is 13.4. The summed E-state index contributed by atoms with van der Waals surface area (Å²) in [5.74, 6) is 0.457. The van der Waals surface area contributed by atoms with Crippen molar-refractivity contribution in [1.29, 1.82) is 0 Å². The van der Waals surface area contributed by atoms with Crippen LogP contribution in [0.25, 0.3) is 5.69 Å². The van der Waals surface area contributed by atoms with E-state index in [-0.39, 0.29) is 11.9 Å². The molecule has 1 N–H and O–H groups in total. The zero-order chi connectivity index (χ0) is 20.1. The number of likely N-dealkylation sites (N-methyl/N-ethyl adjacent to an activating group) is 1. The molecule has 0 aliphatic rings. The van der Waals surface area contributed by atoms with Crippen molar-refractivity contribution in [3.63, 3.8) is 0 Å². The molecule has 0 aliphatic heterocycles. The number of aromatic nitrogens is 3. The number of carbonyl (C=O) groups is 1. The molecule has 28 heavy (non-hydrogen) atoms. The molecule has 1 amide bonds. The van der Waals surface area contributed by atoms with Gasteiger partial charge in [0.15, 0.2) is 0 Å². The van der Waals surface area contributed by atoms with Gasteiger partial charge in [-0.05, 0) is 55.3 Å². The Kier molecular flexibility index (Phi) is 6.21. The summed E-state index contributed by atoms with van der Waals surface area (Å²) < 4.78 is 1.72. The van der Waals surface area contributed by atoms with Gasteiger partial charge in [0.1, 0.15) is 12.7 Å². The molecule has 0 aliphatic carbocycles. The molecule has 1 aromatic heterocycles. The predicted molar refractivity (Wildman–Crippen MR) is 112 cm³/mol. The zero-order valence-corrected chi connectivity index (χ0v) is 16.8. The number of carbonyl (C=O) groups excluding carboxylic acids is 1. The highest BCUT2D eigenvalue weighted by Gasteiger charge is 2.15. The Morgan fingerprint density at radius 2 is 1.68 bits per heavy atom. The van der Waals surface area contributed by atoms with E-state index in [9.17, 15) is 4.79 Å². The SMILES string of the molecule is CC(C)c1ccc(NC(=O)CN(C)[C@@H](C)c2ccc(-n3cncn3)cc2)cc1. The smallest absolute Gasteiger partial charge is 0.238 e. The molecule has 0 bridgehead atoms. The minimum atomic E-state index is -0.0223. The molecule has 3 rings (SSSR count). The summed E-state index contributed by atoms with van der Waals surface area (Å²) in [6, 6.07) is 16.3. The maximum Gasteiger partial charge on any atom is 0.238 e. The topological polar surface area (TPSA) is 63.1 Å². The van der Waals surface area contributed by atoms with Gasteiger partial charge in [0, 0.05) is 11.7 Å². The molecule has 0 saturated carbocycles. The van der Waals surface area contributed by atoms with Crippen LogP contribution in [0.4, 0.5) is 5.69 Å². The molecule has 0 fully saturated rings. The Balaban J connectivity index is 1.57. The van der Waals surface area contributed by atoms with Crippen LogP contribution >= 0.6 is 0 Å². The van der Waals surface area contributed by atoms with Gasteiger partial charge in [0.05, 0.1) is 12.2 Å². The Morgan fingerprint density at radius 3 is 2.25 bits per heavy atom. The maximum atomic E-state index is 12.4. The summed E-state index contributed by atoms with van der Waals surface area (Å²) in [5, 5.41) is 7.11. The standard InChI is InChI=1S/C22H27N5O/c1-16(2)18-5-9-20(10-6-18)25-22(28)13-26(4)17(3)19-7-11-21(12-8-19)27-15-23-14-24-27/h5-12,14-17H,13H2,1-4H3,(H,25,28)/t17-/m0/s1. The number of hydrogen-bond acceptors (Lipinski definition) is 4. The maximum absolute atomic E-state index is 12.4. The van der Waals surface area contributed by atoms with E-state index in [1.807, 2.05) is 36.2 Å². The first-order valence-electron chi connectivity index (χ1n) is 9.49. The van der Waals surface area contributed by atoms with Crippen LogP contribution in [-0.4, -0.2) is 39.2 Å². The lowest BCUT2D eigenvalue weighted by atomic mass is 10.0. The third-order valence-corrected chi connectivity index (χ3v) is 4.97. The van der Waals surface area contributed by atoms with Crippen LogP contribution in [0.15, 0.2) is 61.2 Å². The molecule has 1 atom stereocenters. The molecule has 3 aromatic rings. The molecular formula is C22H27N5O. The molecule has 0 unspecified atom stereocenters. The van der Waals surface area contributed by atoms with Gasteiger partial charge >= 0.3 is 0 Å². The van der Waals surface area contributed by atoms with Gasteiger partial charge in [0.25, 0.3) is 0 Å². The highest BCUT2D eigenvalue weighted by molar-refractivity contribution is 5.92. The van der Waals surface area contributed by atoms with Gasteiger partial charge < -0.3 is 5.32 Å². The van der Waals surface area contributed by atoms with Gasteiger partial charge in [-0.25, -0.2) is 9.67 Å². The van der Waals surface area contributed by atoms with E-state index >= 15 is 0 Å². The Labute approximate surface area is 166 Å². The van der Waals surface area contributed by atoms with E-state index in [1.165, 1.54) is 11.9 Å². The van der Waals surface area contributed by atoms with Crippen LogP contribution in [0.1, 0.15) is 43.9 Å². The number of hydrogen-bond donors (Lipinski definition) is 1. The lowest BCUT2D eigenvalue weighted by molar-refractivity contribution is -0.117. The second-order valence-electron chi connectivity index (χ2n) is 7.35. The van der Waals surface area contributed by atoms with Crippen molar-refractivity contribution < 1.29 is 4.79 Å². The zero-order valence-electron chi connectivity index (χ0n) is 16.8. The molecule has 0 spiro atoms. The summed E-state index contributed by atoms with van der Waals surface area (Å²) in [7, 11) is 1.96. The van der Waals surface area contributed by atoms with Crippen molar-refractivity contribution >= 4 is 11.6 Å². The molecule has 6 heteroatoms. The monoisotopic (exact) mass is 377 g/mol. The van der Waals surface area contributed by atoms with Gasteiger partial charge in [-0.15, -0.1) is 0 Å². The molecule has 146 valence electrons. The van der Waals surface area contributed by atoms with Crippen molar-refractivity contribution in [2.75, 3.05) is 18.9 Å². The van der Waals surface area contributed by atoms with Gasteiger partial charge in [-0.3, -0.25) is 9.69 Å². The van der Waals surface area contributed by atoms with E-state index in [0.717, 1.165) is 16.9 Å². The predicted octanol–water partition coefficient (Wildman–Crippen LogP) is 4.02. The van der Waals surface area contributed by atoms with Gasteiger partial charge in [0.2, 0.25) is 5.91 Å². The third kappa shape index (κ3) is 4.84. The van der Waals surface area contributed by atoms with Crippen LogP contribution in [0.3, 0.4) is 0 Å². The largest absolute Gasteiger partial charge is 0.325 e. The lowest BCUT2D eigenvalue weighted by Gasteiger charge is -2.24. The third-order valence-electron chi connectivity index (χ3n) is 4.97. The van der Waals surface area contributed by atoms with Crippen LogP contribution in [0, 0.1) is 0 Å². The summed E-state index contributed by atoms with van der Waals surface area (Å²) in [6.07, 6.45) is 3.18. The first-order valence-corrected chi connectivity index (χ1v) is 9.49. The number of nitrogens with one attached hydrogen (secondary N) is 1. The first kappa shape index (κ1) is 19.8. The average molecular weight is 377 g/mol. The second kappa shape index (κ2) is 8.80. The number of anilines is 1. The average Bonchev–Trinajstić information content (AvgIpc) is 3.22. The molecule has 0 radical (unpaired) electrons. The van der Waals surface area contributed by atoms with E-state index in [1.54, 1.807) is 11.0 Å². The Morgan fingerprint density at radius 1 is 1.04 bits per heavy atom. The summed E-state index contributed by atoms with van der Waals surface area (Å²) in [5.41, 5.74) is 4.19. The fourth-order valence-electron chi connectivity index (χ4n) is 3.02. The molecule has 6 nitrogen and oxygen atoms in total. The highest BCUT2D eigenvalue weighted by atomic mass is 16.2. The molecule has 1 heterocycles. The van der Waals surface area contributed by atoms with Crippen molar-refractivity contribution in [2.24, 2.45) is 0 Å². The van der Waals surface area contributed by atoms with E-state index in [0.29, 0.717) is 12.5 Å². The van der Waals surface area contributed by atoms with Crippen LogP contribution in [-0.2, 0) is 4.79 Å². The summed E-state index contributed by atoms with van der Waals surface area (Å²) in [4.78, 5) is 18.4. The van der Waals surface area contributed by atoms with E-state index < -0.39 is 0 Å². The number of nitrogens with zero attached hydrogens (tertiary/aromatic N) is 4. The van der Waals surface area contributed by atoms with E-state index in [2.05, 4.69) is 60.4 Å². The molecule has 2 aromatic carbocycles. The number of rotatable bonds is 7.